The third-order valence-electron chi connectivity index (χ3n) is 10.1. The fraction of sp³-hybridized carbons (Fsp3) is 0.541. The SMILES string of the molecule is C=CCN1CC2CN(C(=O)OC(C)(C)C)CC(C1)C2(O)c1ccc(Br)cc1.C=CCN1CC2CNCC(C1)C2(O)c1ccc(Br)cc1. The molecule has 4 aliphatic rings. The maximum atomic E-state index is 12.6. The normalized spacial score (nSPS) is 30.9. The van der Waals surface area contributed by atoms with Gasteiger partial charge in [0.2, 0.25) is 0 Å². The highest BCUT2D eigenvalue weighted by Crippen LogP contribution is 2.46. The van der Waals surface area contributed by atoms with Crippen molar-refractivity contribution >= 4 is 38.0 Å². The average molecular weight is 775 g/mol. The number of aliphatic hydroxyl groups is 2. The molecule has 2 aromatic rings. The van der Waals surface area contributed by atoms with E-state index in [1.165, 1.54) is 0 Å². The number of hydrogen-bond donors (Lipinski definition) is 3. The van der Waals surface area contributed by atoms with Gasteiger partial charge in [-0.15, -0.1) is 13.2 Å². The molecule has 47 heavy (non-hydrogen) atoms. The molecule has 10 heteroatoms. The molecule has 4 atom stereocenters. The molecule has 6 rings (SSSR count). The van der Waals surface area contributed by atoms with Crippen LogP contribution in [0, 0.1) is 23.7 Å². The first-order valence-electron chi connectivity index (χ1n) is 16.6. The summed E-state index contributed by atoms with van der Waals surface area (Å²) >= 11 is 6.93. The van der Waals surface area contributed by atoms with Gasteiger partial charge < -0.3 is 25.2 Å². The average Bonchev–Trinajstić information content (AvgIpc) is 2.98. The summed E-state index contributed by atoms with van der Waals surface area (Å²) in [6.07, 6.45) is 3.55. The van der Waals surface area contributed by atoms with Crippen LogP contribution in [0.2, 0.25) is 0 Å². The van der Waals surface area contributed by atoms with E-state index < -0.39 is 16.8 Å². The zero-order chi connectivity index (χ0) is 34.0. The second kappa shape index (κ2) is 14.8. The first-order valence-corrected chi connectivity index (χ1v) is 18.2. The molecule has 4 saturated heterocycles. The highest BCUT2D eigenvalue weighted by Gasteiger charge is 2.55. The van der Waals surface area contributed by atoms with E-state index in [1.807, 2.05) is 69.3 Å². The van der Waals surface area contributed by atoms with Crippen LogP contribution >= 0.6 is 31.9 Å². The second-order valence-electron chi connectivity index (χ2n) is 14.5. The summed E-state index contributed by atoms with van der Waals surface area (Å²) in [7, 11) is 0. The van der Waals surface area contributed by atoms with Gasteiger partial charge in [0.1, 0.15) is 16.8 Å². The number of hydrogen-bond acceptors (Lipinski definition) is 7. The molecular formula is C37H50Br2N4O4. The van der Waals surface area contributed by atoms with Gasteiger partial charge in [0.15, 0.2) is 0 Å². The number of carbonyl (C=O) groups is 1. The van der Waals surface area contributed by atoms with Gasteiger partial charge in [-0.2, -0.15) is 0 Å². The molecule has 0 spiro atoms. The molecule has 256 valence electrons. The van der Waals surface area contributed by atoms with E-state index >= 15 is 0 Å². The summed E-state index contributed by atoms with van der Waals surface area (Å²) in [5.41, 5.74) is -0.209. The number of nitrogens with one attached hydrogen (secondary N) is 1. The summed E-state index contributed by atoms with van der Waals surface area (Å²) in [5.74, 6) is 0.296. The number of fused-ring (bicyclic) bond motifs is 4. The van der Waals surface area contributed by atoms with Gasteiger partial charge in [-0.25, -0.2) is 4.79 Å². The van der Waals surface area contributed by atoms with Crippen molar-refractivity contribution in [3.63, 3.8) is 0 Å². The molecule has 4 bridgehead atoms. The Hall–Kier alpha value is -2.05. The Bertz CT molecular complexity index is 1370. The molecule has 0 radical (unpaired) electrons. The molecule has 8 nitrogen and oxygen atoms in total. The van der Waals surface area contributed by atoms with E-state index in [-0.39, 0.29) is 29.8 Å². The zero-order valence-corrected chi connectivity index (χ0v) is 31.0. The lowest BCUT2D eigenvalue weighted by Crippen LogP contribution is -2.66. The van der Waals surface area contributed by atoms with Crippen LogP contribution in [0.15, 0.2) is 82.8 Å². The lowest BCUT2D eigenvalue weighted by molar-refractivity contribution is -0.160. The first-order chi connectivity index (χ1) is 22.3. The van der Waals surface area contributed by atoms with Crippen molar-refractivity contribution in [3.05, 3.63) is 93.9 Å². The molecular weight excluding hydrogens is 724 g/mol. The number of halogens is 2. The second-order valence-corrected chi connectivity index (χ2v) is 16.3. The quantitative estimate of drug-likeness (QED) is 0.330. The molecule has 4 aliphatic heterocycles. The fourth-order valence-corrected chi connectivity index (χ4v) is 8.54. The standard InChI is InChI=1S/C21H29BrN2O3.C16H21BrN2O/c1-5-10-23-11-16-13-24(19(25)27-20(2,3)4)14-17(12-23)21(16,26)15-6-8-18(22)9-7-15;1-2-7-19-10-13-8-18-9-14(11-19)16(13,20)12-3-5-15(17)6-4-12/h5-9,16-17,26H,1,10-14H2,2-4H3;2-6,13-14,18,20H,1,7-11H2. The number of nitrogens with zero attached hydrogens (tertiary/aromatic N) is 3. The molecule has 2 aromatic carbocycles. The van der Waals surface area contributed by atoms with E-state index in [1.54, 1.807) is 4.90 Å². The van der Waals surface area contributed by atoms with Crippen molar-refractivity contribution < 1.29 is 19.7 Å². The summed E-state index contributed by atoms with van der Waals surface area (Å²) in [6, 6.07) is 16.0. The minimum Gasteiger partial charge on any atom is -0.444 e. The lowest BCUT2D eigenvalue weighted by Gasteiger charge is -2.55. The Morgan fingerprint density at radius 2 is 1.17 bits per heavy atom. The molecule has 4 fully saturated rings. The monoisotopic (exact) mass is 772 g/mol. The van der Waals surface area contributed by atoms with Gasteiger partial charge in [-0.1, -0.05) is 68.3 Å². The largest absolute Gasteiger partial charge is 0.444 e. The summed E-state index contributed by atoms with van der Waals surface area (Å²) < 4.78 is 7.61. The molecule has 0 aromatic heterocycles. The van der Waals surface area contributed by atoms with E-state index in [4.69, 9.17) is 4.74 Å². The smallest absolute Gasteiger partial charge is 0.410 e. The third kappa shape index (κ3) is 7.90. The molecule has 0 saturated carbocycles. The van der Waals surface area contributed by atoms with Gasteiger partial charge in [0, 0.05) is 98.1 Å². The lowest BCUT2D eigenvalue weighted by atomic mass is 9.66. The van der Waals surface area contributed by atoms with Crippen LogP contribution < -0.4 is 5.32 Å². The Balaban J connectivity index is 0.000000193. The summed E-state index contributed by atoms with van der Waals surface area (Å²) in [6.45, 7) is 21.0. The van der Waals surface area contributed by atoms with Crippen LogP contribution in [-0.4, -0.2) is 102 Å². The number of likely N-dealkylation sites (tertiary alicyclic amines) is 3. The van der Waals surface area contributed by atoms with Crippen LogP contribution in [0.4, 0.5) is 4.79 Å². The number of benzene rings is 2. The van der Waals surface area contributed by atoms with Crippen molar-refractivity contribution in [2.45, 2.75) is 37.6 Å². The van der Waals surface area contributed by atoms with Gasteiger partial charge >= 0.3 is 6.09 Å². The minimum absolute atomic E-state index is 0.0846. The predicted octanol–water partition coefficient (Wildman–Crippen LogP) is 5.60. The van der Waals surface area contributed by atoms with Crippen LogP contribution in [0.25, 0.3) is 0 Å². The van der Waals surface area contributed by atoms with E-state index in [0.717, 1.165) is 59.3 Å². The number of carbonyl (C=O) groups excluding carboxylic acids is 1. The van der Waals surface area contributed by atoms with Crippen LogP contribution in [-0.2, 0) is 15.9 Å². The summed E-state index contributed by atoms with van der Waals surface area (Å²) in [4.78, 5) is 19.1. The fourth-order valence-electron chi connectivity index (χ4n) is 8.01. The van der Waals surface area contributed by atoms with Crippen LogP contribution in [0.5, 0.6) is 0 Å². The Morgan fingerprint density at radius 3 is 1.55 bits per heavy atom. The van der Waals surface area contributed by atoms with Crippen molar-refractivity contribution in [1.82, 2.24) is 20.0 Å². The van der Waals surface area contributed by atoms with E-state index in [2.05, 4.69) is 72.3 Å². The molecule has 4 unspecified atom stereocenters. The maximum absolute atomic E-state index is 12.6. The molecule has 4 heterocycles. The Labute approximate surface area is 297 Å². The van der Waals surface area contributed by atoms with Crippen molar-refractivity contribution in [1.29, 1.82) is 0 Å². The number of rotatable bonds is 6. The Kier molecular flexibility index (Phi) is 11.4. The van der Waals surface area contributed by atoms with E-state index in [9.17, 15) is 15.0 Å². The van der Waals surface area contributed by atoms with Crippen molar-refractivity contribution in [2.75, 3.05) is 65.4 Å². The van der Waals surface area contributed by atoms with Crippen LogP contribution in [0.1, 0.15) is 31.9 Å². The highest BCUT2D eigenvalue weighted by atomic mass is 79.9. The first kappa shape index (κ1) is 36.2. The van der Waals surface area contributed by atoms with Crippen molar-refractivity contribution in [2.24, 2.45) is 23.7 Å². The third-order valence-corrected chi connectivity index (χ3v) is 11.2. The van der Waals surface area contributed by atoms with E-state index in [0.29, 0.717) is 26.2 Å². The molecule has 1 amide bonds. The zero-order valence-electron chi connectivity index (χ0n) is 27.9. The summed E-state index contributed by atoms with van der Waals surface area (Å²) in [5, 5.41) is 26.6. The minimum atomic E-state index is -0.948. The van der Waals surface area contributed by atoms with Gasteiger partial charge in [-0.05, 0) is 56.2 Å². The molecule has 3 N–H and O–H groups in total. The topological polar surface area (TPSA) is 88.5 Å². The Morgan fingerprint density at radius 1 is 0.787 bits per heavy atom. The highest BCUT2D eigenvalue weighted by molar-refractivity contribution is 9.10. The number of amides is 1. The van der Waals surface area contributed by atoms with Gasteiger partial charge in [0.05, 0.1) is 0 Å². The number of ether oxygens (including phenoxy) is 1. The molecule has 0 aliphatic carbocycles. The number of piperidine rings is 4. The van der Waals surface area contributed by atoms with Gasteiger partial charge in [-0.3, -0.25) is 9.80 Å². The van der Waals surface area contributed by atoms with Crippen molar-refractivity contribution in [3.8, 4) is 0 Å². The predicted molar refractivity (Wildman–Crippen MR) is 194 cm³/mol. The van der Waals surface area contributed by atoms with Crippen LogP contribution in [0.3, 0.4) is 0 Å². The maximum Gasteiger partial charge on any atom is 0.410 e. The van der Waals surface area contributed by atoms with Gasteiger partial charge in [0.25, 0.3) is 0 Å².